The van der Waals surface area contributed by atoms with Gasteiger partial charge in [0.05, 0.1) is 11.3 Å². The molecule has 0 spiro atoms. The molecular formula is C13H17ClN2O2. The number of rotatable bonds is 2. The zero-order valence-corrected chi connectivity index (χ0v) is 11.3. The van der Waals surface area contributed by atoms with E-state index in [0.717, 1.165) is 25.3 Å². The van der Waals surface area contributed by atoms with Crippen LogP contribution < -0.4 is 4.90 Å². The van der Waals surface area contributed by atoms with Crippen molar-refractivity contribution in [3.63, 3.8) is 0 Å². The number of nitrogens with zero attached hydrogens (tertiary/aromatic N) is 2. The molecular weight excluding hydrogens is 252 g/mol. The Hall–Kier alpha value is -1.26. The van der Waals surface area contributed by atoms with Crippen LogP contribution >= 0.6 is 11.6 Å². The summed E-state index contributed by atoms with van der Waals surface area (Å²) in [5.41, 5.74) is 1.03. The van der Waals surface area contributed by atoms with Gasteiger partial charge in [0.15, 0.2) is 0 Å². The lowest BCUT2D eigenvalue weighted by Crippen LogP contribution is -2.51. The molecule has 2 rings (SSSR count). The van der Waals surface area contributed by atoms with Crippen molar-refractivity contribution in [3.05, 3.63) is 28.8 Å². The van der Waals surface area contributed by atoms with Gasteiger partial charge in [0.25, 0.3) is 0 Å². The Morgan fingerprint density at radius 1 is 1.44 bits per heavy atom. The molecule has 1 atom stereocenters. The topological polar surface area (TPSA) is 43.8 Å². The molecule has 5 heteroatoms. The number of carboxylic acid groups (broad SMARTS) is 1. The summed E-state index contributed by atoms with van der Waals surface area (Å²) in [4.78, 5) is 15.6. The minimum atomic E-state index is -0.909. The van der Waals surface area contributed by atoms with Gasteiger partial charge in [-0.2, -0.15) is 0 Å². The van der Waals surface area contributed by atoms with Crippen LogP contribution in [0.15, 0.2) is 18.2 Å². The summed E-state index contributed by atoms with van der Waals surface area (Å²) in [6, 6.07) is 5.22. The average molecular weight is 269 g/mol. The quantitative estimate of drug-likeness (QED) is 0.893. The largest absolute Gasteiger partial charge is 0.478 e. The van der Waals surface area contributed by atoms with Gasteiger partial charge >= 0.3 is 5.97 Å². The molecule has 1 aromatic rings. The van der Waals surface area contributed by atoms with Gasteiger partial charge in [-0.05, 0) is 32.2 Å². The fraction of sp³-hybridized carbons (Fsp3) is 0.462. The number of anilines is 1. The fourth-order valence-corrected chi connectivity index (χ4v) is 2.59. The lowest BCUT2D eigenvalue weighted by molar-refractivity contribution is 0.0697. The average Bonchev–Trinajstić information content (AvgIpc) is 2.28. The third kappa shape index (κ3) is 2.60. The molecule has 0 radical (unpaired) electrons. The monoisotopic (exact) mass is 268 g/mol. The summed E-state index contributed by atoms with van der Waals surface area (Å²) >= 11 is 5.99. The third-order valence-corrected chi connectivity index (χ3v) is 3.57. The van der Waals surface area contributed by atoms with Crippen molar-refractivity contribution >= 4 is 23.3 Å². The number of aromatic carboxylic acids is 1. The molecule has 1 heterocycles. The Labute approximate surface area is 112 Å². The summed E-state index contributed by atoms with van der Waals surface area (Å²) in [7, 11) is 2.07. The number of hydrogen-bond donors (Lipinski definition) is 1. The smallest absolute Gasteiger partial charge is 0.337 e. The lowest BCUT2D eigenvalue weighted by atomic mass is 10.1. The number of halogens is 1. The summed E-state index contributed by atoms with van der Waals surface area (Å²) < 4.78 is 0. The highest BCUT2D eigenvalue weighted by Crippen LogP contribution is 2.28. The summed E-state index contributed by atoms with van der Waals surface area (Å²) in [5, 5.41) is 9.82. The number of carboxylic acids is 1. The van der Waals surface area contributed by atoms with Gasteiger partial charge in [-0.25, -0.2) is 4.79 Å². The summed E-state index contributed by atoms with van der Waals surface area (Å²) in [6.07, 6.45) is 0. The Bertz CT molecular complexity index is 464. The highest BCUT2D eigenvalue weighted by Gasteiger charge is 2.25. The molecule has 1 saturated heterocycles. The molecule has 0 bridgehead atoms. The minimum Gasteiger partial charge on any atom is -0.478 e. The van der Waals surface area contributed by atoms with E-state index in [9.17, 15) is 9.90 Å². The van der Waals surface area contributed by atoms with Gasteiger partial charge < -0.3 is 14.9 Å². The number of carbonyl (C=O) groups is 1. The molecule has 0 amide bonds. The van der Waals surface area contributed by atoms with Crippen molar-refractivity contribution in [1.82, 2.24) is 4.90 Å². The first-order chi connectivity index (χ1) is 8.49. The number of benzene rings is 1. The SMILES string of the molecule is CC1CN(C)CCN1c1cc(Cl)ccc1C(=O)O. The van der Waals surface area contributed by atoms with Crippen LogP contribution in [0.25, 0.3) is 0 Å². The normalized spacial score (nSPS) is 21.1. The maximum Gasteiger partial charge on any atom is 0.337 e. The van der Waals surface area contributed by atoms with Crippen molar-refractivity contribution in [3.8, 4) is 0 Å². The van der Waals surface area contributed by atoms with Crippen molar-refractivity contribution in [2.75, 3.05) is 31.6 Å². The molecule has 18 heavy (non-hydrogen) atoms. The molecule has 0 aliphatic carbocycles. The predicted octanol–water partition coefficient (Wildman–Crippen LogP) is 2.18. The number of piperazine rings is 1. The molecule has 0 aromatic heterocycles. The maximum atomic E-state index is 11.3. The van der Waals surface area contributed by atoms with Crippen LogP contribution in [-0.4, -0.2) is 48.7 Å². The number of hydrogen-bond acceptors (Lipinski definition) is 3. The van der Waals surface area contributed by atoms with Crippen molar-refractivity contribution < 1.29 is 9.90 Å². The van der Waals surface area contributed by atoms with E-state index in [2.05, 4.69) is 23.8 Å². The van der Waals surface area contributed by atoms with Crippen molar-refractivity contribution in [2.45, 2.75) is 13.0 Å². The first-order valence-corrected chi connectivity index (χ1v) is 6.35. The third-order valence-electron chi connectivity index (χ3n) is 3.33. The van der Waals surface area contributed by atoms with Gasteiger partial charge in [0.1, 0.15) is 0 Å². The molecule has 0 saturated carbocycles. The molecule has 98 valence electrons. The van der Waals surface area contributed by atoms with E-state index in [0.29, 0.717) is 10.6 Å². The van der Waals surface area contributed by atoms with Gasteiger partial charge in [0.2, 0.25) is 0 Å². The molecule has 4 nitrogen and oxygen atoms in total. The van der Waals surface area contributed by atoms with Gasteiger partial charge in [-0.1, -0.05) is 11.6 Å². The Morgan fingerprint density at radius 2 is 2.17 bits per heavy atom. The van der Waals surface area contributed by atoms with Crippen LogP contribution in [0.3, 0.4) is 0 Å². The summed E-state index contributed by atoms with van der Waals surface area (Å²) in [6.45, 7) is 4.77. The Balaban J connectivity index is 2.37. The predicted molar refractivity (Wildman–Crippen MR) is 72.7 cm³/mol. The first-order valence-electron chi connectivity index (χ1n) is 5.97. The van der Waals surface area contributed by atoms with E-state index >= 15 is 0 Å². The van der Waals surface area contributed by atoms with Gasteiger partial charge in [-0.15, -0.1) is 0 Å². The van der Waals surface area contributed by atoms with E-state index in [1.807, 2.05) is 0 Å². The van der Waals surface area contributed by atoms with Crippen LogP contribution in [0.1, 0.15) is 17.3 Å². The zero-order chi connectivity index (χ0) is 13.3. The van der Waals surface area contributed by atoms with Crippen molar-refractivity contribution in [1.29, 1.82) is 0 Å². The second-order valence-electron chi connectivity index (χ2n) is 4.77. The van der Waals surface area contributed by atoms with E-state index in [1.165, 1.54) is 0 Å². The van der Waals surface area contributed by atoms with E-state index in [1.54, 1.807) is 18.2 Å². The van der Waals surface area contributed by atoms with Crippen LogP contribution in [0, 0.1) is 0 Å². The molecule has 1 aliphatic rings. The zero-order valence-electron chi connectivity index (χ0n) is 10.6. The van der Waals surface area contributed by atoms with Crippen LogP contribution in [-0.2, 0) is 0 Å². The lowest BCUT2D eigenvalue weighted by Gasteiger charge is -2.40. The summed E-state index contributed by atoms with van der Waals surface area (Å²) in [5.74, 6) is -0.909. The van der Waals surface area contributed by atoms with Crippen LogP contribution in [0.4, 0.5) is 5.69 Å². The number of likely N-dealkylation sites (N-methyl/N-ethyl adjacent to an activating group) is 1. The molecule has 1 fully saturated rings. The first kappa shape index (κ1) is 13.2. The van der Waals surface area contributed by atoms with E-state index < -0.39 is 5.97 Å². The maximum absolute atomic E-state index is 11.3. The van der Waals surface area contributed by atoms with Crippen LogP contribution in [0.5, 0.6) is 0 Å². The van der Waals surface area contributed by atoms with Crippen LogP contribution in [0.2, 0.25) is 5.02 Å². The minimum absolute atomic E-state index is 0.278. The standard InChI is InChI=1S/C13H17ClN2O2/c1-9-8-15(2)5-6-16(9)12-7-10(14)3-4-11(12)13(17)18/h3-4,7,9H,5-6,8H2,1-2H3,(H,17,18). The Morgan fingerprint density at radius 3 is 2.78 bits per heavy atom. The Kier molecular flexibility index (Phi) is 3.78. The highest BCUT2D eigenvalue weighted by atomic mass is 35.5. The molecule has 1 N–H and O–H groups in total. The van der Waals surface area contributed by atoms with E-state index in [4.69, 9.17) is 11.6 Å². The molecule has 1 aromatic carbocycles. The second kappa shape index (κ2) is 5.16. The fourth-order valence-electron chi connectivity index (χ4n) is 2.42. The molecule has 1 unspecified atom stereocenters. The van der Waals surface area contributed by atoms with Crippen molar-refractivity contribution in [2.24, 2.45) is 0 Å². The highest BCUT2D eigenvalue weighted by molar-refractivity contribution is 6.31. The van der Waals surface area contributed by atoms with Gasteiger partial charge in [-0.3, -0.25) is 0 Å². The molecule has 1 aliphatic heterocycles. The second-order valence-corrected chi connectivity index (χ2v) is 5.21. The van der Waals surface area contributed by atoms with E-state index in [-0.39, 0.29) is 6.04 Å². The van der Waals surface area contributed by atoms with Gasteiger partial charge in [0, 0.05) is 30.7 Å².